The van der Waals surface area contributed by atoms with Gasteiger partial charge >= 0.3 is 5.97 Å². The quantitative estimate of drug-likeness (QED) is 0.590. The minimum absolute atomic E-state index is 0.122. The number of rotatable bonds is 3. The lowest BCUT2D eigenvalue weighted by Crippen LogP contribution is -2.27. The van der Waals surface area contributed by atoms with Gasteiger partial charge in [-0.05, 0) is 44.8 Å². The number of benzene rings is 1. The third kappa shape index (κ3) is 4.38. The second-order valence-electron chi connectivity index (χ2n) is 7.43. The smallest absolute Gasteiger partial charge is 0.365 e. The normalized spacial score (nSPS) is 17.9. The molecule has 1 aromatic carbocycles. The van der Waals surface area contributed by atoms with E-state index in [0.717, 1.165) is 33.4 Å². The Morgan fingerprint density at radius 1 is 1.40 bits per heavy atom. The van der Waals surface area contributed by atoms with Gasteiger partial charge in [-0.3, -0.25) is 5.10 Å². The molecule has 1 unspecified atom stereocenters. The molecule has 0 saturated carbocycles. The molecule has 8 nitrogen and oxygen atoms in total. The van der Waals surface area contributed by atoms with Crippen molar-refractivity contribution in [1.82, 2.24) is 25.4 Å². The van der Waals surface area contributed by atoms with E-state index in [9.17, 15) is 4.79 Å². The second-order valence-corrected chi connectivity index (χ2v) is 8.51. The van der Waals surface area contributed by atoms with E-state index < -0.39 is 5.97 Å². The van der Waals surface area contributed by atoms with Crippen LogP contribution in [0.4, 0.5) is 0 Å². The Kier molecular flexibility index (Phi) is 6.12. The number of nitrogens with zero attached hydrogens (tertiary/aromatic N) is 3. The summed E-state index contributed by atoms with van der Waals surface area (Å²) in [6, 6.07) is 6.57. The van der Waals surface area contributed by atoms with Crippen LogP contribution in [0, 0.1) is 0 Å². The second kappa shape index (κ2) is 8.95. The predicted octanol–water partition coefficient (Wildman–Crippen LogP) is 2.74. The van der Waals surface area contributed by atoms with Crippen LogP contribution < -0.4 is 10.1 Å². The third-order valence-corrected chi connectivity index (χ3v) is 6.44. The van der Waals surface area contributed by atoms with E-state index in [1.807, 2.05) is 31.4 Å². The van der Waals surface area contributed by atoms with Gasteiger partial charge in [-0.25, -0.2) is 9.78 Å². The van der Waals surface area contributed by atoms with Crippen molar-refractivity contribution in [3.63, 3.8) is 0 Å². The summed E-state index contributed by atoms with van der Waals surface area (Å²) in [7, 11) is 4.20. The number of hydrogen-bond donors (Lipinski definition) is 3. The number of aromatic amines is 1. The summed E-state index contributed by atoms with van der Waals surface area (Å²) in [5.74, 6) is -0.268. The molecule has 5 rings (SSSR count). The zero-order valence-corrected chi connectivity index (χ0v) is 17.8. The molecule has 2 aliphatic rings. The van der Waals surface area contributed by atoms with Gasteiger partial charge in [-0.2, -0.15) is 5.10 Å². The van der Waals surface area contributed by atoms with Gasteiger partial charge in [0.1, 0.15) is 5.75 Å². The van der Waals surface area contributed by atoms with E-state index in [1.54, 1.807) is 6.20 Å². The van der Waals surface area contributed by atoms with Crippen molar-refractivity contribution in [3.05, 3.63) is 40.5 Å². The van der Waals surface area contributed by atoms with Crippen LogP contribution in [-0.2, 0) is 6.42 Å². The van der Waals surface area contributed by atoms with Gasteiger partial charge in [0.2, 0.25) is 5.01 Å². The first kappa shape index (κ1) is 20.5. The number of carbonyl (C=O) groups is 1. The highest BCUT2D eigenvalue weighted by atomic mass is 32.1. The molecule has 0 aliphatic carbocycles. The summed E-state index contributed by atoms with van der Waals surface area (Å²) in [5, 5.41) is 19.2. The minimum atomic E-state index is -0.990. The molecule has 1 atom stereocenters. The Hall–Kier alpha value is -2.75. The van der Waals surface area contributed by atoms with Crippen molar-refractivity contribution < 1.29 is 14.6 Å². The van der Waals surface area contributed by atoms with Gasteiger partial charge in [0, 0.05) is 41.2 Å². The van der Waals surface area contributed by atoms with Crippen molar-refractivity contribution in [2.75, 3.05) is 33.8 Å². The van der Waals surface area contributed by atoms with E-state index in [1.165, 1.54) is 30.8 Å². The summed E-state index contributed by atoms with van der Waals surface area (Å²) in [4.78, 5) is 18.7. The number of carboxylic acids is 1. The first-order valence-corrected chi connectivity index (χ1v) is 10.7. The average molecular weight is 428 g/mol. The number of likely N-dealkylation sites (tertiary alicyclic amines) is 1. The van der Waals surface area contributed by atoms with Gasteiger partial charge in [-0.15, -0.1) is 11.3 Å². The standard InChI is InChI=1S/C15H11N3O3S.C6H14N2/c19-15(20)14-18-13-10-2-1-8(9-6-16-17-7-9)5-11(10)21-4-3-12(13)22-14;1-7-6-3-4-8(2)5-6/h1-2,5-7H,3-4H2,(H,16,17)(H,19,20);6-7H,3-5H2,1-2H3. The zero-order valence-electron chi connectivity index (χ0n) is 17.0. The zero-order chi connectivity index (χ0) is 21.1. The van der Waals surface area contributed by atoms with Gasteiger partial charge in [0.05, 0.1) is 18.5 Å². The van der Waals surface area contributed by atoms with Crippen LogP contribution in [-0.4, -0.2) is 71.0 Å². The van der Waals surface area contributed by atoms with Crippen LogP contribution in [0.25, 0.3) is 22.4 Å². The van der Waals surface area contributed by atoms with E-state index in [4.69, 9.17) is 9.84 Å². The summed E-state index contributed by atoms with van der Waals surface area (Å²) in [6.07, 6.45) is 5.54. The highest BCUT2D eigenvalue weighted by Crippen LogP contribution is 2.39. The highest BCUT2D eigenvalue weighted by molar-refractivity contribution is 7.14. The van der Waals surface area contributed by atoms with Crippen molar-refractivity contribution in [3.8, 4) is 28.1 Å². The Balaban J connectivity index is 0.000000230. The summed E-state index contributed by atoms with van der Waals surface area (Å²) < 4.78 is 5.82. The topological polar surface area (TPSA) is 103 Å². The van der Waals surface area contributed by atoms with Crippen LogP contribution >= 0.6 is 11.3 Å². The maximum Gasteiger partial charge on any atom is 0.365 e. The molecule has 2 aromatic heterocycles. The van der Waals surface area contributed by atoms with Crippen LogP contribution in [0.3, 0.4) is 0 Å². The number of ether oxygens (including phenoxy) is 1. The molecule has 3 aromatic rings. The number of likely N-dealkylation sites (N-methyl/N-ethyl adjacent to an activating group) is 2. The fraction of sp³-hybridized carbons (Fsp3) is 0.381. The SMILES string of the molecule is CNC1CCN(C)C1.O=C(O)c1nc2c(s1)CCOc1cc(-c3cn[nH]c3)ccc1-2. The highest BCUT2D eigenvalue weighted by Gasteiger charge is 2.23. The molecule has 0 amide bonds. The van der Waals surface area contributed by atoms with Crippen LogP contribution in [0.1, 0.15) is 21.1 Å². The fourth-order valence-electron chi connectivity index (χ4n) is 3.67. The van der Waals surface area contributed by atoms with Crippen LogP contribution in [0.5, 0.6) is 5.75 Å². The summed E-state index contributed by atoms with van der Waals surface area (Å²) >= 11 is 1.22. The van der Waals surface area contributed by atoms with E-state index in [2.05, 4.69) is 32.4 Å². The molecule has 0 bridgehead atoms. The van der Waals surface area contributed by atoms with Crippen LogP contribution in [0.2, 0.25) is 0 Å². The summed E-state index contributed by atoms with van der Waals surface area (Å²) in [6.45, 7) is 2.98. The summed E-state index contributed by atoms with van der Waals surface area (Å²) in [5.41, 5.74) is 3.52. The largest absolute Gasteiger partial charge is 0.492 e. The molecule has 4 heterocycles. The third-order valence-electron chi connectivity index (χ3n) is 5.33. The predicted molar refractivity (Wildman–Crippen MR) is 116 cm³/mol. The number of hydrogen-bond acceptors (Lipinski definition) is 7. The molecule has 0 spiro atoms. The van der Waals surface area contributed by atoms with E-state index in [-0.39, 0.29) is 5.01 Å². The maximum atomic E-state index is 11.1. The molecule has 2 aliphatic heterocycles. The van der Waals surface area contributed by atoms with Gasteiger partial charge in [-0.1, -0.05) is 6.07 Å². The van der Waals surface area contributed by atoms with Crippen molar-refractivity contribution in [2.24, 2.45) is 0 Å². The Morgan fingerprint density at radius 3 is 2.90 bits per heavy atom. The lowest BCUT2D eigenvalue weighted by atomic mass is 10.0. The number of aromatic carboxylic acids is 1. The van der Waals surface area contributed by atoms with Gasteiger partial charge in [0.25, 0.3) is 0 Å². The monoisotopic (exact) mass is 427 g/mol. The first-order valence-electron chi connectivity index (χ1n) is 9.90. The van der Waals surface area contributed by atoms with Gasteiger partial charge < -0.3 is 20.1 Å². The lowest BCUT2D eigenvalue weighted by Gasteiger charge is -2.08. The van der Waals surface area contributed by atoms with Crippen molar-refractivity contribution >= 4 is 17.3 Å². The molecular formula is C21H25N5O3S. The number of nitrogens with one attached hydrogen (secondary N) is 2. The first-order chi connectivity index (χ1) is 14.5. The number of aromatic nitrogens is 3. The molecule has 3 N–H and O–H groups in total. The van der Waals surface area contributed by atoms with Crippen molar-refractivity contribution in [2.45, 2.75) is 18.9 Å². The number of H-pyrrole nitrogens is 1. The fourth-order valence-corrected chi connectivity index (χ4v) is 4.57. The van der Waals surface area contributed by atoms with Crippen LogP contribution in [0.15, 0.2) is 30.6 Å². The Bertz CT molecular complexity index is 1020. The number of fused-ring (bicyclic) bond motifs is 3. The Morgan fingerprint density at radius 2 is 2.27 bits per heavy atom. The minimum Gasteiger partial charge on any atom is -0.492 e. The maximum absolute atomic E-state index is 11.1. The molecular weight excluding hydrogens is 402 g/mol. The van der Waals surface area contributed by atoms with E-state index >= 15 is 0 Å². The molecule has 0 radical (unpaired) electrons. The molecule has 9 heteroatoms. The van der Waals surface area contributed by atoms with Crippen molar-refractivity contribution in [1.29, 1.82) is 0 Å². The molecule has 158 valence electrons. The Labute approximate surface area is 178 Å². The number of carboxylic acid groups (broad SMARTS) is 1. The lowest BCUT2D eigenvalue weighted by molar-refractivity contribution is 0.0696. The number of thiazole rings is 1. The molecule has 1 saturated heterocycles. The molecule has 1 fully saturated rings. The van der Waals surface area contributed by atoms with E-state index in [0.29, 0.717) is 18.7 Å². The van der Waals surface area contributed by atoms with Gasteiger partial charge in [0.15, 0.2) is 0 Å². The molecule has 30 heavy (non-hydrogen) atoms. The average Bonchev–Trinajstić information content (AvgIpc) is 3.48.